The van der Waals surface area contributed by atoms with Crippen molar-refractivity contribution in [1.29, 1.82) is 0 Å². The zero-order chi connectivity index (χ0) is 13.0. The number of nitrogens with zero attached hydrogens (tertiary/aromatic N) is 3. The van der Waals surface area contributed by atoms with Crippen molar-refractivity contribution in [3.8, 4) is 0 Å². The minimum Gasteiger partial charge on any atom is -0.396 e. The molecule has 7 nitrogen and oxygen atoms in total. The molecule has 2 rings (SSSR count). The van der Waals surface area contributed by atoms with E-state index in [0.717, 1.165) is 18.5 Å². The topological polar surface area (TPSA) is 102 Å². The van der Waals surface area contributed by atoms with Gasteiger partial charge in [-0.25, -0.2) is 0 Å². The molecule has 2 aromatic rings. The van der Waals surface area contributed by atoms with Crippen molar-refractivity contribution in [1.82, 2.24) is 20.0 Å². The number of nitrogen functional groups attached to an aromatic ring is 1. The van der Waals surface area contributed by atoms with E-state index in [4.69, 9.17) is 5.73 Å². The number of H-pyrrole nitrogens is 1. The van der Waals surface area contributed by atoms with Crippen molar-refractivity contribution in [2.75, 3.05) is 11.1 Å². The molecule has 2 aromatic heterocycles. The van der Waals surface area contributed by atoms with E-state index in [1.165, 1.54) is 10.9 Å². The van der Waals surface area contributed by atoms with Crippen molar-refractivity contribution in [2.24, 2.45) is 0 Å². The summed E-state index contributed by atoms with van der Waals surface area (Å²) >= 11 is 0. The van der Waals surface area contributed by atoms with Crippen molar-refractivity contribution in [2.45, 2.75) is 26.3 Å². The predicted molar refractivity (Wildman–Crippen MR) is 67.9 cm³/mol. The molecule has 0 aliphatic heterocycles. The van der Waals surface area contributed by atoms with Gasteiger partial charge in [0.25, 0.3) is 0 Å². The van der Waals surface area contributed by atoms with Crippen molar-refractivity contribution in [3.63, 3.8) is 0 Å². The van der Waals surface area contributed by atoms with Gasteiger partial charge < -0.3 is 11.1 Å². The van der Waals surface area contributed by atoms with Crippen LogP contribution in [0.4, 0.5) is 11.5 Å². The van der Waals surface area contributed by atoms with Gasteiger partial charge in [0, 0.05) is 18.0 Å². The number of anilines is 2. The van der Waals surface area contributed by atoms with Crippen LogP contribution in [0, 0.1) is 0 Å². The van der Waals surface area contributed by atoms with Gasteiger partial charge in [0.2, 0.25) is 5.91 Å². The largest absolute Gasteiger partial charge is 0.396 e. The molecule has 0 saturated carbocycles. The molecule has 0 aliphatic carbocycles. The first-order valence-corrected chi connectivity index (χ1v) is 5.79. The number of nitrogens with one attached hydrogen (secondary N) is 2. The quantitative estimate of drug-likeness (QED) is 0.727. The average molecular weight is 248 g/mol. The summed E-state index contributed by atoms with van der Waals surface area (Å²) in [6.45, 7) is 2.20. The summed E-state index contributed by atoms with van der Waals surface area (Å²) < 4.78 is 1.48. The Balaban J connectivity index is 1.90. The normalized spacial score (nSPS) is 10.5. The van der Waals surface area contributed by atoms with Crippen LogP contribution in [-0.2, 0) is 17.8 Å². The van der Waals surface area contributed by atoms with E-state index in [-0.39, 0.29) is 12.5 Å². The lowest BCUT2D eigenvalue weighted by atomic mass is 10.2. The molecule has 0 unspecified atom stereocenters. The van der Waals surface area contributed by atoms with Gasteiger partial charge in [0.1, 0.15) is 6.54 Å². The molecule has 1 amide bonds. The third-order valence-corrected chi connectivity index (χ3v) is 2.38. The smallest absolute Gasteiger partial charge is 0.247 e. The number of aryl methyl sites for hydroxylation is 1. The molecule has 0 bridgehead atoms. The van der Waals surface area contributed by atoms with E-state index in [1.54, 1.807) is 6.20 Å². The van der Waals surface area contributed by atoms with E-state index in [2.05, 4.69) is 27.5 Å². The number of hydrogen-bond acceptors (Lipinski definition) is 4. The molecule has 18 heavy (non-hydrogen) atoms. The number of aromatic amines is 1. The summed E-state index contributed by atoms with van der Waals surface area (Å²) in [6.07, 6.45) is 5.05. The van der Waals surface area contributed by atoms with Gasteiger partial charge in [0.05, 0.1) is 11.9 Å². The zero-order valence-electron chi connectivity index (χ0n) is 10.2. The van der Waals surface area contributed by atoms with Gasteiger partial charge in [-0.15, -0.1) is 0 Å². The minimum atomic E-state index is -0.187. The maximum Gasteiger partial charge on any atom is 0.247 e. The Morgan fingerprint density at radius 2 is 2.44 bits per heavy atom. The molecule has 0 spiro atoms. The van der Waals surface area contributed by atoms with Crippen LogP contribution in [0.3, 0.4) is 0 Å². The maximum atomic E-state index is 11.7. The van der Waals surface area contributed by atoms with Crippen LogP contribution >= 0.6 is 0 Å². The molecule has 0 fully saturated rings. The first kappa shape index (κ1) is 12.2. The average Bonchev–Trinajstić information content (AvgIpc) is 2.89. The molecule has 0 aliphatic rings. The van der Waals surface area contributed by atoms with Crippen molar-refractivity contribution in [3.05, 3.63) is 24.2 Å². The maximum absolute atomic E-state index is 11.7. The molecular formula is C11H16N6O. The molecule has 0 aromatic carbocycles. The van der Waals surface area contributed by atoms with Crippen LogP contribution in [0.25, 0.3) is 0 Å². The summed E-state index contributed by atoms with van der Waals surface area (Å²) in [4.78, 5) is 11.7. The van der Waals surface area contributed by atoms with E-state index in [9.17, 15) is 4.79 Å². The van der Waals surface area contributed by atoms with Gasteiger partial charge in [0.15, 0.2) is 5.82 Å². The zero-order valence-corrected chi connectivity index (χ0v) is 10.2. The lowest BCUT2D eigenvalue weighted by molar-refractivity contribution is -0.116. The Bertz CT molecular complexity index is 529. The van der Waals surface area contributed by atoms with Crippen LogP contribution in [0.15, 0.2) is 18.5 Å². The second-order valence-electron chi connectivity index (χ2n) is 4.05. The highest BCUT2D eigenvalue weighted by atomic mass is 16.2. The van der Waals surface area contributed by atoms with E-state index in [0.29, 0.717) is 11.5 Å². The number of aromatic nitrogens is 4. The van der Waals surface area contributed by atoms with Gasteiger partial charge in [-0.05, 0) is 6.42 Å². The molecule has 0 radical (unpaired) electrons. The number of hydrogen-bond donors (Lipinski definition) is 3. The Morgan fingerprint density at radius 3 is 3.11 bits per heavy atom. The summed E-state index contributed by atoms with van der Waals surface area (Å²) in [7, 11) is 0. The van der Waals surface area contributed by atoms with Crippen molar-refractivity contribution >= 4 is 17.4 Å². The lowest BCUT2D eigenvalue weighted by Crippen LogP contribution is -2.19. The summed E-state index contributed by atoms with van der Waals surface area (Å²) in [5.41, 5.74) is 7.06. The number of rotatable bonds is 5. The highest BCUT2D eigenvalue weighted by molar-refractivity contribution is 5.89. The van der Waals surface area contributed by atoms with Gasteiger partial charge in [-0.2, -0.15) is 10.2 Å². The van der Waals surface area contributed by atoms with Crippen LogP contribution in [0.2, 0.25) is 0 Å². The number of carbonyl (C=O) groups is 1. The second-order valence-corrected chi connectivity index (χ2v) is 4.05. The highest BCUT2D eigenvalue weighted by Gasteiger charge is 2.07. The first-order valence-electron chi connectivity index (χ1n) is 5.79. The standard InChI is InChI=1S/C11H16N6O/c1-2-3-9-4-10(16-15-9)14-11(18)7-17-6-8(12)5-13-17/h4-6H,2-3,7,12H2,1H3,(H2,14,15,16,18). The fraction of sp³-hybridized carbons (Fsp3) is 0.364. The Labute approximate surface area is 104 Å². The van der Waals surface area contributed by atoms with Crippen LogP contribution < -0.4 is 11.1 Å². The fourth-order valence-corrected chi connectivity index (χ4v) is 1.62. The summed E-state index contributed by atoms with van der Waals surface area (Å²) in [5.74, 6) is 0.344. The predicted octanol–water partition coefficient (Wildman–Crippen LogP) is 0.780. The summed E-state index contributed by atoms with van der Waals surface area (Å²) in [5, 5.41) is 13.5. The Kier molecular flexibility index (Phi) is 3.61. The second kappa shape index (κ2) is 5.35. The van der Waals surface area contributed by atoms with E-state index < -0.39 is 0 Å². The molecule has 4 N–H and O–H groups in total. The summed E-state index contributed by atoms with van der Waals surface area (Å²) in [6, 6.07) is 1.83. The monoisotopic (exact) mass is 248 g/mol. The highest BCUT2D eigenvalue weighted by Crippen LogP contribution is 2.07. The minimum absolute atomic E-state index is 0.118. The molecular weight excluding hydrogens is 232 g/mol. The number of carbonyl (C=O) groups excluding carboxylic acids is 1. The first-order chi connectivity index (χ1) is 8.67. The fourth-order valence-electron chi connectivity index (χ4n) is 1.62. The third kappa shape index (κ3) is 3.09. The van der Waals surface area contributed by atoms with Crippen LogP contribution in [0.5, 0.6) is 0 Å². The van der Waals surface area contributed by atoms with Crippen LogP contribution in [0.1, 0.15) is 19.0 Å². The van der Waals surface area contributed by atoms with Gasteiger partial charge in [-0.1, -0.05) is 13.3 Å². The number of nitrogens with two attached hydrogens (primary N) is 1. The third-order valence-electron chi connectivity index (χ3n) is 2.38. The number of amides is 1. The van der Waals surface area contributed by atoms with Crippen molar-refractivity contribution < 1.29 is 4.79 Å². The lowest BCUT2D eigenvalue weighted by Gasteiger charge is -2.01. The van der Waals surface area contributed by atoms with Gasteiger partial charge >= 0.3 is 0 Å². The molecule has 0 atom stereocenters. The Hall–Kier alpha value is -2.31. The van der Waals surface area contributed by atoms with E-state index >= 15 is 0 Å². The molecule has 96 valence electrons. The molecule has 7 heteroatoms. The van der Waals surface area contributed by atoms with Gasteiger partial charge in [-0.3, -0.25) is 14.6 Å². The molecule has 2 heterocycles. The van der Waals surface area contributed by atoms with E-state index in [1.807, 2.05) is 6.07 Å². The van der Waals surface area contributed by atoms with Crippen LogP contribution in [-0.4, -0.2) is 25.9 Å². The molecule has 0 saturated heterocycles. The Morgan fingerprint density at radius 1 is 1.61 bits per heavy atom. The SMILES string of the molecule is CCCc1cc(NC(=O)Cn2cc(N)cn2)n[nH]1.